The summed E-state index contributed by atoms with van der Waals surface area (Å²) in [5.74, 6) is 0.131. The summed E-state index contributed by atoms with van der Waals surface area (Å²) in [7, 11) is 0. The number of aromatic nitrogens is 2. The third-order valence-electron chi connectivity index (χ3n) is 6.46. The number of hydrogen-bond acceptors (Lipinski definition) is 3. The van der Waals surface area contributed by atoms with Gasteiger partial charge < -0.3 is 11.1 Å². The molecule has 146 valence electrons. The van der Waals surface area contributed by atoms with Crippen molar-refractivity contribution in [3.63, 3.8) is 0 Å². The molecule has 2 aromatic heterocycles. The summed E-state index contributed by atoms with van der Waals surface area (Å²) in [4.78, 5) is 12.1. The number of rotatable bonds is 4. The number of carbonyl (C=O) groups is 1. The van der Waals surface area contributed by atoms with E-state index in [0.29, 0.717) is 16.5 Å². The molecule has 5 nitrogen and oxygen atoms in total. The van der Waals surface area contributed by atoms with Crippen LogP contribution in [0.25, 0.3) is 16.6 Å². The molecule has 1 aromatic carbocycles. The molecule has 1 amide bonds. The summed E-state index contributed by atoms with van der Waals surface area (Å²) in [5, 5.41) is 8.74. The first-order valence-corrected chi connectivity index (χ1v) is 9.99. The summed E-state index contributed by atoms with van der Waals surface area (Å²) < 4.78 is 1.80. The summed E-state index contributed by atoms with van der Waals surface area (Å²) in [6.45, 7) is 6.85. The monoisotopic (exact) mass is 396 g/mol. The highest BCUT2D eigenvalue weighted by molar-refractivity contribution is 6.30. The quantitative estimate of drug-likeness (QED) is 0.652. The van der Waals surface area contributed by atoms with E-state index >= 15 is 0 Å². The number of benzene rings is 1. The lowest BCUT2D eigenvalue weighted by Gasteiger charge is -2.33. The van der Waals surface area contributed by atoms with E-state index < -0.39 is 5.91 Å². The largest absolute Gasteiger partial charge is 0.379 e. The topological polar surface area (TPSA) is 72.4 Å². The molecule has 1 fully saturated rings. The van der Waals surface area contributed by atoms with Gasteiger partial charge in [0.15, 0.2) is 0 Å². The first-order chi connectivity index (χ1) is 13.3. The van der Waals surface area contributed by atoms with Gasteiger partial charge in [0.1, 0.15) is 0 Å². The van der Waals surface area contributed by atoms with Gasteiger partial charge >= 0.3 is 0 Å². The smallest absolute Gasteiger partial charge is 0.252 e. The maximum atomic E-state index is 12.1. The first kappa shape index (κ1) is 18.8. The van der Waals surface area contributed by atoms with E-state index in [4.69, 9.17) is 17.3 Å². The van der Waals surface area contributed by atoms with Gasteiger partial charge in [-0.1, -0.05) is 44.5 Å². The molecule has 0 aliphatic heterocycles. The van der Waals surface area contributed by atoms with Crippen LogP contribution in [0.2, 0.25) is 5.02 Å². The van der Waals surface area contributed by atoms with Gasteiger partial charge in [0.25, 0.3) is 5.91 Å². The average molecular weight is 397 g/mol. The molecule has 0 spiro atoms. The van der Waals surface area contributed by atoms with Crippen LogP contribution in [0.1, 0.15) is 44.0 Å². The molecule has 1 saturated carbocycles. The molecule has 0 saturated heterocycles. The second-order valence-electron chi connectivity index (χ2n) is 8.36. The number of hydrogen-bond donors (Lipinski definition) is 2. The van der Waals surface area contributed by atoms with Gasteiger partial charge in [-0.2, -0.15) is 5.10 Å². The van der Waals surface area contributed by atoms with E-state index in [-0.39, 0.29) is 11.5 Å². The minimum atomic E-state index is -0.476. The van der Waals surface area contributed by atoms with Crippen LogP contribution in [0.5, 0.6) is 0 Å². The molecule has 4 rings (SSSR count). The number of nitrogens with zero attached hydrogens (tertiary/aromatic N) is 2. The van der Waals surface area contributed by atoms with Gasteiger partial charge in [0.2, 0.25) is 0 Å². The van der Waals surface area contributed by atoms with Crippen LogP contribution in [0.4, 0.5) is 5.69 Å². The zero-order chi connectivity index (χ0) is 20.1. The SMILES string of the molecule is CC1CC[C@@H](Nc2c(C(N)=O)cnn3cc(-c4ccc(Cl)cc4)cc23)C1(C)C. The van der Waals surface area contributed by atoms with Gasteiger partial charge in [-0.25, -0.2) is 4.52 Å². The van der Waals surface area contributed by atoms with Gasteiger partial charge in [0, 0.05) is 22.8 Å². The molecule has 2 atom stereocenters. The maximum Gasteiger partial charge on any atom is 0.252 e. The normalized spacial score (nSPS) is 21.1. The molecule has 3 aromatic rings. The van der Waals surface area contributed by atoms with Crippen molar-refractivity contribution in [3.8, 4) is 11.1 Å². The zero-order valence-electron chi connectivity index (χ0n) is 16.4. The summed E-state index contributed by atoms with van der Waals surface area (Å²) in [6.07, 6.45) is 5.73. The Bertz CT molecular complexity index is 1040. The highest BCUT2D eigenvalue weighted by Gasteiger charge is 2.41. The second-order valence-corrected chi connectivity index (χ2v) is 8.80. The number of anilines is 1. The van der Waals surface area contributed by atoms with Crippen LogP contribution in [0.3, 0.4) is 0 Å². The van der Waals surface area contributed by atoms with Crippen LogP contribution in [0.15, 0.2) is 42.7 Å². The van der Waals surface area contributed by atoms with Crippen LogP contribution in [0, 0.1) is 11.3 Å². The third kappa shape index (κ3) is 3.14. The molecule has 2 heterocycles. The number of primary amides is 1. The Kier molecular flexibility index (Phi) is 4.58. The Hall–Kier alpha value is -2.53. The third-order valence-corrected chi connectivity index (χ3v) is 6.71. The molecule has 1 unspecified atom stereocenters. The minimum Gasteiger partial charge on any atom is -0.379 e. The number of fused-ring (bicyclic) bond motifs is 1. The lowest BCUT2D eigenvalue weighted by molar-refractivity contribution is 0.100. The van der Waals surface area contributed by atoms with E-state index in [1.807, 2.05) is 36.5 Å². The molecule has 28 heavy (non-hydrogen) atoms. The standard InChI is InChI=1S/C22H25ClN4O/c1-13-4-9-19(22(13,2)3)26-20-17(21(24)28)11-25-27-12-15(10-18(20)27)14-5-7-16(23)8-6-14/h5-8,10-13,19,26H,4,9H2,1-3H3,(H2,24,28)/t13?,19-/m1/s1. The molecular formula is C22H25ClN4O. The Morgan fingerprint density at radius 3 is 2.57 bits per heavy atom. The average Bonchev–Trinajstić information content (AvgIpc) is 3.19. The van der Waals surface area contributed by atoms with Crippen molar-refractivity contribution in [2.75, 3.05) is 5.32 Å². The van der Waals surface area contributed by atoms with Crippen molar-refractivity contribution in [2.45, 2.75) is 39.7 Å². The lowest BCUT2D eigenvalue weighted by Crippen LogP contribution is -2.35. The predicted octanol–water partition coefficient (Wildman–Crippen LogP) is 4.99. The van der Waals surface area contributed by atoms with Crippen LogP contribution in [-0.4, -0.2) is 21.6 Å². The van der Waals surface area contributed by atoms with Crippen LogP contribution in [-0.2, 0) is 0 Å². The van der Waals surface area contributed by atoms with Crippen molar-refractivity contribution >= 4 is 28.7 Å². The fraction of sp³-hybridized carbons (Fsp3) is 0.364. The Balaban J connectivity index is 1.82. The fourth-order valence-electron chi connectivity index (χ4n) is 4.13. The minimum absolute atomic E-state index is 0.126. The van der Waals surface area contributed by atoms with Gasteiger partial charge in [-0.15, -0.1) is 0 Å². The molecule has 1 aliphatic carbocycles. The highest BCUT2D eigenvalue weighted by Crippen LogP contribution is 2.44. The molecule has 1 aliphatic rings. The Morgan fingerprint density at radius 1 is 1.25 bits per heavy atom. The van der Waals surface area contributed by atoms with E-state index in [9.17, 15) is 4.79 Å². The number of nitrogens with one attached hydrogen (secondary N) is 1. The highest BCUT2D eigenvalue weighted by atomic mass is 35.5. The Labute approximate surface area is 169 Å². The number of nitrogens with two attached hydrogens (primary N) is 1. The van der Waals surface area contributed by atoms with E-state index in [2.05, 4.69) is 31.2 Å². The van der Waals surface area contributed by atoms with Crippen molar-refractivity contribution in [3.05, 3.63) is 53.3 Å². The number of halogens is 1. The lowest BCUT2D eigenvalue weighted by atomic mass is 9.80. The van der Waals surface area contributed by atoms with Crippen molar-refractivity contribution in [1.82, 2.24) is 9.61 Å². The van der Waals surface area contributed by atoms with Gasteiger partial charge in [-0.3, -0.25) is 4.79 Å². The van der Waals surface area contributed by atoms with Gasteiger partial charge in [0.05, 0.1) is 23.0 Å². The van der Waals surface area contributed by atoms with Crippen molar-refractivity contribution in [2.24, 2.45) is 17.1 Å². The van der Waals surface area contributed by atoms with E-state index in [0.717, 1.165) is 35.2 Å². The van der Waals surface area contributed by atoms with E-state index in [1.165, 1.54) is 0 Å². The van der Waals surface area contributed by atoms with Crippen molar-refractivity contribution < 1.29 is 4.79 Å². The number of amides is 1. The summed E-state index contributed by atoms with van der Waals surface area (Å²) in [6, 6.07) is 9.98. The summed E-state index contributed by atoms with van der Waals surface area (Å²) >= 11 is 6.01. The predicted molar refractivity (Wildman–Crippen MR) is 114 cm³/mol. The van der Waals surface area contributed by atoms with Crippen molar-refractivity contribution in [1.29, 1.82) is 0 Å². The number of carbonyl (C=O) groups excluding carboxylic acids is 1. The molecule has 0 radical (unpaired) electrons. The summed E-state index contributed by atoms with van der Waals surface area (Å²) in [5.41, 5.74) is 9.86. The molecule has 6 heteroatoms. The Morgan fingerprint density at radius 2 is 1.96 bits per heavy atom. The molecule has 3 N–H and O–H groups in total. The van der Waals surface area contributed by atoms with Crippen LogP contribution >= 0.6 is 11.6 Å². The fourth-order valence-corrected chi connectivity index (χ4v) is 4.26. The van der Waals surface area contributed by atoms with Crippen LogP contribution < -0.4 is 11.1 Å². The first-order valence-electron chi connectivity index (χ1n) is 9.61. The second kappa shape index (κ2) is 6.82. The van der Waals surface area contributed by atoms with E-state index in [1.54, 1.807) is 10.7 Å². The maximum absolute atomic E-state index is 12.1. The zero-order valence-corrected chi connectivity index (χ0v) is 17.1. The van der Waals surface area contributed by atoms with Gasteiger partial charge in [-0.05, 0) is 47.9 Å². The molecule has 0 bridgehead atoms. The molecular weight excluding hydrogens is 372 g/mol.